The summed E-state index contributed by atoms with van der Waals surface area (Å²) < 4.78 is 5.15. The summed E-state index contributed by atoms with van der Waals surface area (Å²) in [6.45, 7) is 5.27. The maximum Gasteiger partial charge on any atom is 0.226 e. The molecule has 1 aromatic rings. The summed E-state index contributed by atoms with van der Waals surface area (Å²) in [7, 11) is 1.63. The highest BCUT2D eigenvalue weighted by atomic mass is 16.5. The van der Waals surface area contributed by atoms with Gasteiger partial charge in [-0.05, 0) is 25.2 Å². The first-order valence-electron chi connectivity index (χ1n) is 7.31. The third kappa shape index (κ3) is 4.37. The smallest absolute Gasteiger partial charge is 0.226 e. The molecule has 4 heteroatoms. The van der Waals surface area contributed by atoms with Gasteiger partial charge in [-0.1, -0.05) is 32.6 Å². The van der Waals surface area contributed by atoms with Crippen LogP contribution in [0.2, 0.25) is 0 Å². The zero-order chi connectivity index (χ0) is 13.7. The monoisotopic (exact) mass is 263 g/mol. The van der Waals surface area contributed by atoms with Crippen molar-refractivity contribution in [1.29, 1.82) is 0 Å². The van der Waals surface area contributed by atoms with E-state index in [0.29, 0.717) is 11.8 Å². The molecule has 1 aromatic heterocycles. The molecule has 0 amide bonds. The predicted molar refractivity (Wildman–Crippen MR) is 77.5 cm³/mol. The van der Waals surface area contributed by atoms with Crippen LogP contribution in [0.15, 0.2) is 6.07 Å². The molecule has 0 spiro atoms. The zero-order valence-electron chi connectivity index (χ0n) is 12.3. The molecule has 1 saturated carbocycles. The van der Waals surface area contributed by atoms with Crippen LogP contribution in [-0.2, 0) is 0 Å². The number of aromatic nitrogens is 2. The van der Waals surface area contributed by atoms with Gasteiger partial charge in [0.15, 0.2) is 0 Å². The van der Waals surface area contributed by atoms with E-state index in [0.717, 1.165) is 24.1 Å². The Morgan fingerprint density at radius 2 is 2.00 bits per heavy atom. The van der Waals surface area contributed by atoms with Crippen molar-refractivity contribution in [2.45, 2.75) is 46.0 Å². The molecule has 106 valence electrons. The molecule has 1 heterocycles. The molecular formula is C15H25N3O. The average molecular weight is 263 g/mol. The number of rotatable bonds is 5. The Morgan fingerprint density at radius 1 is 1.26 bits per heavy atom. The van der Waals surface area contributed by atoms with Crippen molar-refractivity contribution >= 4 is 5.95 Å². The van der Waals surface area contributed by atoms with Crippen LogP contribution in [-0.4, -0.2) is 23.6 Å². The first kappa shape index (κ1) is 14.1. The van der Waals surface area contributed by atoms with E-state index in [1.165, 1.54) is 32.1 Å². The van der Waals surface area contributed by atoms with Gasteiger partial charge in [0.2, 0.25) is 11.8 Å². The van der Waals surface area contributed by atoms with E-state index in [-0.39, 0.29) is 0 Å². The number of methoxy groups -OCH3 is 1. The van der Waals surface area contributed by atoms with Crippen molar-refractivity contribution in [3.05, 3.63) is 11.8 Å². The Balaban J connectivity index is 1.77. The predicted octanol–water partition coefficient (Wildman–Crippen LogP) is 3.42. The van der Waals surface area contributed by atoms with E-state index in [2.05, 4.69) is 22.2 Å². The maximum atomic E-state index is 5.15. The summed E-state index contributed by atoms with van der Waals surface area (Å²) in [5, 5.41) is 3.32. The fraction of sp³-hybridized carbons (Fsp3) is 0.733. The van der Waals surface area contributed by atoms with Crippen LogP contribution in [0.3, 0.4) is 0 Å². The Labute approximate surface area is 116 Å². The Kier molecular flexibility index (Phi) is 5.00. The number of hydrogen-bond donors (Lipinski definition) is 1. The van der Waals surface area contributed by atoms with Crippen LogP contribution in [0.4, 0.5) is 5.95 Å². The highest BCUT2D eigenvalue weighted by molar-refractivity contribution is 5.30. The van der Waals surface area contributed by atoms with E-state index >= 15 is 0 Å². The quantitative estimate of drug-likeness (QED) is 0.884. The van der Waals surface area contributed by atoms with Gasteiger partial charge in [-0.3, -0.25) is 0 Å². The molecule has 1 aliphatic carbocycles. The van der Waals surface area contributed by atoms with Gasteiger partial charge in [0.25, 0.3) is 0 Å². The van der Waals surface area contributed by atoms with E-state index < -0.39 is 0 Å². The van der Waals surface area contributed by atoms with Crippen LogP contribution in [0.1, 0.15) is 44.7 Å². The number of ether oxygens (including phenoxy) is 1. The number of nitrogens with zero attached hydrogens (tertiary/aromatic N) is 2. The van der Waals surface area contributed by atoms with Gasteiger partial charge in [-0.15, -0.1) is 0 Å². The highest BCUT2D eigenvalue weighted by Crippen LogP contribution is 2.30. The molecule has 0 unspecified atom stereocenters. The first-order chi connectivity index (χ1) is 9.17. The van der Waals surface area contributed by atoms with Crippen molar-refractivity contribution < 1.29 is 4.74 Å². The summed E-state index contributed by atoms with van der Waals surface area (Å²) in [4.78, 5) is 8.68. The van der Waals surface area contributed by atoms with Gasteiger partial charge < -0.3 is 10.1 Å². The Morgan fingerprint density at radius 3 is 2.68 bits per heavy atom. The lowest BCUT2D eigenvalue weighted by molar-refractivity contribution is 0.281. The third-order valence-electron chi connectivity index (χ3n) is 4.01. The normalized spacial score (nSPS) is 23.1. The minimum absolute atomic E-state index is 0.626. The van der Waals surface area contributed by atoms with Crippen molar-refractivity contribution in [2.24, 2.45) is 11.8 Å². The molecule has 4 nitrogen and oxygen atoms in total. The Hall–Kier alpha value is -1.32. The lowest BCUT2D eigenvalue weighted by atomic mass is 9.81. The van der Waals surface area contributed by atoms with Gasteiger partial charge in [-0.25, -0.2) is 4.98 Å². The molecule has 0 aromatic carbocycles. The fourth-order valence-electron chi connectivity index (χ4n) is 2.73. The van der Waals surface area contributed by atoms with E-state index in [1.807, 2.05) is 13.0 Å². The molecule has 0 atom stereocenters. The lowest BCUT2D eigenvalue weighted by Crippen LogP contribution is -2.16. The molecule has 0 bridgehead atoms. The SMILES string of the molecule is COc1cc(C)nc(NCCC2CCC(C)CC2)n1. The first-order valence-corrected chi connectivity index (χ1v) is 7.31. The lowest BCUT2D eigenvalue weighted by Gasteiger charge is -2.26. The molecule has 0 saturated heterocycles. The largest absolute Gasteiger partial charge is 0.481 e. The number of aryl methyl sites for hydroxylation is 1. The minimum atomic E-state index is 0.626. The summed E-state index contributed by atoms with van der Waals surface area (Å²) in [5.41, 5.74) is 0.931. The van der Waals surface area contributed by atoms with Crippen molar-refractivity contribution in [2.75, 3.05) is 19.0 Å². The molecule has 1 fully saturated rings. The van der Waals surface area contributed by atoms with Crippen LogP contribution >= 0.6 is 0 Å². The van der Waals surface area contributed by atoms with Gasteiger partial charge in [0, 0.05) is 18.3 Å². The van der Waals surface area contributed by atoms with Crippen molar-refractivity contribution in [1.82, 2.24) is 9.97 Å². The van der Waals surface area contributed by atoms with Gasteiger partial charge in [0.1, 0.15) is 0 Å². The van der Waals surface area contributed by atoms with Crippen LogP contribution in [0.25, 0.3) is 0 Å². The van der Waals surface area contributed by atoms with Crippen LogP contribution < -0.4 is 10.1 Å². The van der Waals surface area contributed by atoms with E-state index in [1.54, 1.807) is 7.11 Å². The second-order valence-corrected chi connectivity index (χ2v) is 5.72. The number of anilines is 1. The topological polar surface area (TPSA) is 47.0 Å². The molecule has 19 heavy (non-hydrogen) atoms. The second kappa shape index (κ2) is 6.73. The zero-order valence-corrected chi connectivity index (χ0v) is 12.3. The summed E-state index contributed by atoms with van der Waals surface area (Å²) >= 11 is 0. The summed E-state index contributed by atoms with van der Waals surface area (Å²) in [5.74, 6) is 3.10. The minimum Gasteiger partial charge on any atom is -0.481 e. The van der Waals surface area contributed by atoms with Gasteiger partial charge in [-0.2, -0.15) is 4.98 Å². The van der Waals surface area contributed by atoms with Crippen LogP contribution in [0.5, 0.6) is 5.88 Å². The summed E-state index contributed by atoms with van der Waals surface area (Å²) in [6.07, 6.45) is 6.74. The average Bonchev–Trinajstić information content (AvgIpc) is 2.40. The highest BCUT2D eigenvalue weighted by Gasteiger charge is 2.17. The molecule has 2 rings (SSSR count). The van der Waals surface area contributed by atoms with Crippen molar-refractivity contribution in [3.8, 4) is 5.88 Å². The third-order valence-corrected chi connectivity index (χ3v) is 4.01. The standard InChI is InChI=1S/C15H25N3O/c1-11-4-6-13(7-5-11)8-9-16-15-17-12(2)10-14(18-15)19-3/h10-11,13H,4-9H2,1-3H3,(H,16,17,18). The fourth-order valence-corrected chi connectivity index (χ4v) is 2.73. The Bertz CT molecular complexity index is 400. The van der Waals surface area contributed by atoms with E-state index in [4.69, 9.17) is 4.74 Å². The molecular weight excluding hydrogens is 238 g/mol. The second-order valence-electron chi connectivity index (χ2n) is 5.72. The van der Waals surface area contributed by atoms with Crippen LogP contribution in [0, 0.1) is 18.8 Å². The number of nitrogens with one attached hydrogen (secondary N) is 1. The van der Waals surface area contributed by atoms with Gasteiger partial charge in [0.05, 0.1) is 7.11 Å². The molecule has 0 radical (unpaired) electrons. The molecule has 1 aliphatic rings. The van der Waals surface area contributed by atoms with E-state index in [9.17, 15) is 0 Å². The number of hydrogen-bond acceptors (Lipinski definition) is 4. The maximum absolute atomic E-state index is 5.15. The van der Waals surface area contributed by atoms with Crippen molar-refractivity contribution in [3.63, 3.8) is 0 Å². The van der Waals surface area contributed by atoms with Gasteiger partial charge >= 0.3 is 0 Å². The molecule has 1 N–H and O–H groups in total. The molecule has 0 aliphatic heterocycles. The summed E-state index contributed by atoms with van der Waals surface area (Å²) in [6, 6.07) is 1.84.